The molecule has 1 N–H and O–H groups in total. The van der Waals surface area contributed by atoms with Crippen LogP contribution in [0, 0.1) is 13.8 Å². The van der Waals surface area contributed by atoms with Gasteiger partial charge in [-0.25, -0.2) is 0 Å². The third kappa shape index (κ3) is 2.82. The lowest BCUT2D eigenvalue weighted by molar-refractivity contribution is -0.118. The molecular weight excluding hydrogens is 316 g/mol. The number of benzene rings is 1. The first-order valence-electron chi connectivity index (χ1n) is 8.22. The molecule has 2 aromatic rings. The number of aliphatic hydroxyl groups excluding tert-OH is 1. The first kappa shape index (κ1) is 16.9. The minimum absolute atomic E-state index is 0.150. The first-order valence-corrected chi connectivity index (χ1v) is 8.22. The molecule has 1 atom stereocenters. The fourth-order valence-corrected chi connectivity index (χ4v) is 3.08. The van der Waals surface area contributed by atoms with Crippen molar-refractivity contribution in [1.82, 2.24) is 4.98 Å². The van der Waals surface area contributed by atoms with Crippen LogP contribution in [0.25, 0.3) is 0 Å². The molecular formula is C20H20N2O3. The smallest absolute Gasteiger partial charge is 0.294 e. The first-order chi connectivity index (χ1) is 12.0. The number of hydrogen-bond acceptors (Lipinski definition) is 4. The van der Waals surface area contributed by atoms with Crippen LogP contribution in [-0.2, 0) is 9.59 Å². The van der Waals surface area contributed by atoms with Crippen LogP contribution in [0.2, 0.25) is 0 Å². The van der Waals surface area contributed by atoms with Crippen molar-refractivity contribution in [3.05, 3.63) is 70.7 Å². The highest BCUT2D eigenvalue weighted by molar-refractivity contribution is 6.16. The highest BCUT2D eigenvalue weighted by Gasteiger charge is 2.43. The molecule has 5 heteroatoms. The number of rotatable bonds is 4. The van der Waals surface area contributed by atoms with Gasteiger partial charge in [0.25, 0.3) is 5.91 Å². The van der Waals surface area contributed by atoms with Crippen molar-refractivity contribution in [1.29, 1.82) is 0 Å². The van der Waals surface area contributed by atoms with Crippen LogP contribution in [0.3, 0.4) is 0 Å². The molecule has 128 valence electrons. The number of aryl methyl sites for hydroxylation is 2. The largest absolute Gasteiger partial charge is 0.503 e. The Morgan fingerprint density at radius 1 is 1.16 bits per heavy atom. The van der Waals surface area contributed by atoms with Gasteiger partial charge in [-0.1, -0.05) is 13.0 Å². The average Bonchev–Trinajstić information content (AvgIpc) is 2.89. The second-order valence-corrected chi connectivity index (χ2v) is 6.17. The van der Waals surface area contributed by atoms with Gasteiger partial charge in [0.05, 0.1) is 11.6 Å². The second kappa shape index (κ2) is 6.51. The Labute approximate surface area is 146 Å². The van der Waals surface area contributed by atoms with Crippen molar-refractivity contribution in [3.8, 4) is 0 Å². The zero-order valence-electron chi connectivity index (χ0n) is 14.5. The van der Waals surface area contributed by atoms with Gasteiger partial charge in [0, 0.05) is 24.5 Å². The van der Waals surface area contributed by atoms with Gasteiger partial charge in [0.2, 0.25) is 0 Å². The fraction of sp³-hybridized carbons (Fsp3) is 0.250. The van der Waals surface area contributed by atoms with Crippen LogP contribution < -0.4 is 4.90 Å². The van der Waals surface area contributed by atoms with Gasteiger partial charge in [0.1, 0.15) is 0 Å². The van der Waals surface area contributed by atoms with E-state index in [4.69, 9.17) is 0 Å². The van der Waals surface area contributed by atoms with Gasteiger partial charge in [0.15, 0.2) is 11.5 Å². The Hall–Kier alpha value is -2.95. The van der Waals surface area contributed by atoms with E-state index in [1.54, 1.807) is 31.5 Å². The Morgan fingerprint density at radius 3 is 2.44 bits per heavy atom. The van der Waals surface area contributed by atoms with Crippen molar-refractivity contribution in [2.75, 3.05) is 4.90 Å². The number of amides is 1. The summed E-state index contributed by atoms with van der Waals surface area (Å²) in [6, 6.07) is 8.53. The number of carbonyl (C=O) groups is 2. The molecule has 0 fully saturated rings. The fourth-order valence-electron chi connectivity index (χ4n) is 3.08. The maximum Gasteiger partial charge on any atom is 0.294 e. The molecule has 0 radical (unpaired) electrons. The van der Waals surface area contributed by atoms with E-state index in [2.05, 4.69) is 4.98 Å². The third-order valence-electron chi connectivity index (χ3n) is 4.62. The van der Waals surface area contributed by atoms with Crippen molar-refractivity contribution >= 4 is 17.4 Å². The van der Waals surface area contributed by atoms with E-state index in [0.717, 1.165) is 16.7 Å². The molecule has 0 spiro atoms. The Morgan fingerprint density at radius 2 is 1.84 bits per heavy atom. The lowest BCUT2D eigenvalue weighted by Gasteiger charge is -2.27. The van der Waals surface area contributed by atoms with E-state index in [1.807, 2.05) is 32.0 Å². The van der Waals surface area contributed by atoms with E-state index >= 15 is 0 Å². The highest BCUT2D eigenvalue weighted by Crippen LogP contribution is 2.41. The Kier molecular flexibility index (Phi) is 4.40. The number of Topliss-reactive ketones (excluding diaryl/α,β-unsaturated/α-hetero) is 1. The van der Waals surface area contributed by atoms with Gasteiger partial charge < -0.3 is 5.11 Å². The molecule has 0 bridgehead atoms. The van der Waals surface area contributed by atoms with Gasteiger partial charge in [-0.05, 0) is 54.8 Å². The number of aromatic nitrogens is 1. The summed E-state index contributed by atoms with van der Waals surface area (Å²) < 4.78 is 0. The summed E-state index contributed by atoms with van der Waals surface area (Å²) in [5, 5.41) is 10.4. The number of anilines is 1. The molecule has 1 aliphatic rings. The van der Waals surface area contributed by atoms with Gasteiger partial charge in [-0.3, -0.25) is 19.5 Å². The minimum atomic E-state index is -0.648. The van der Waals surface area contributed by atoms with Crippen LogP contribution in [0.5, 0.6) is 0 Å². The maximum atomic E-state index is 12.8. The van der Waals surface area contributed by atoms with E-state index in [9.17, 15) is 14.7 Å². The molecule has 25 heavy (non-hydrogen) atoms. The number of hydrogen-bond donors (Lipinski definition) is 1. The second-order valence-electron chi connectivity index (χ2n) is 6.17. The van der Waals surface area contributed by atoms with E-state index in [-0.39, 0.29) is 17.8 Å². The predicted octanol–water partition coefficient (Wildman–Crippen LogP) is 3.58. The standard InChI is InChI=1S/C20H20N2O3/c1-4-16(23)17-18(14-7-9-21-10-8-14)22(20(25)19(17)24)15-6-5-12(2)13(3)11-15/h5-11,18,24H,4H2,1-3H3. The van der Waals surface area contributed by atoms with Crippen molar-refractivity contribution in [2.24, 2.45) is 0 Å². The lowest BCUT2D eigenvalue weighted by Crippen LogP contribution is -2.31. The summed E-state index contributed by atoms with van der Waals surface area (Å²) >= 11 is 0. The molecule has 0 saturated heterocycles. The predicted molar refractivity (Wildman–Crippen MR) is 95.3 cm³/mol. The van der Waals surface area contributed by atoms with Gasteiger partial charge in [-0.15, -0.1) is 0 Å². The number of nitrogens with zero attached hydrogens (tertiary/aromatic N) is 2. The van der Waals surface area contributed by atoms with E-state index < -0.39 is 17.7 Å². The molecule has 3 rings (SSSR count). The normalized spacial score (nSPS) is 17.3. The van der Waals surface area contributed by atoms with Crippen molar-refractivity contribution < 1.29 is 14.7 Å². The van der Waals surface area contributed by atoms with E-state index in [1.165, 1.54) is 4.90 Å². The monoisotopic (exact) mass is 336 g/mol. The molecule has 0 saturated carbocycles. The number of pyridine rings is 1. The average molecular weight is 336 g/mol. The van der Waals surface area contributed by atoms with Crippen LogP contribution in [0.1, 0.15) is 36.1 Å². The summed E-state index contributed by atoms with van der Waals surface area (Å²) in [6.45, 7) is 5.68. The molecule has 1 unspecified atom stereocenters. The molecule has 1 aromatic carbocycles. The quantitative estimate of drug-likeness (QED) is 0.926. The highest BCUT2D eigenvalue weighted by atomic mass is 16.3. The van der Waals surface area contributed by atoms with Gasteiger partial charge >= 0.3 is 0 Å². The van der Waals surface area contributed by atoms with Crippen LogP contribution >= 0.6 is 0 Å². The van der Waals surface area contributed by atoms with Crippen molar-refractivity contribution in [2.45, 2.75) is 33.2 Å². The van der Waals surface area contributed by atoms with Crippen LogP contribution in [0.4, 0.5) is 5.69 Å². The summed E-state index contributed by atoms with van der Waals surface area (Å²) in [7, 11) is 0. The molecule has 1 amide bonds. The number of ketones is 1. The molecule has 1 aliphatic heterocycles. The van der Waals surface area contributed by atoms with Crippen molar-refractivity contribution in [3.63, 3.8) is 0 Å². The zero-order valence-corrected chi connectivity index (χ0v) is 14.5. The third-order valence-corrected chi connectivity index (χ3v) is 4.62. The van der Waals surface area contributed by atoms with Crippen LogP contribution in [-0.4, -0.2) is 21.8 Å². The SMILES string of the molecule is CCC(=O)C1=C(O)C(=O)N(c2ccc(C)c(C)c2)C1c1ccncc1. The summed E-state index contributed by atoms with van der Waals surface area (Å²) in [5.74, 6) is -1.26. The van der Waals surface area contributed by atoms with Gasteiger partial charge in [-0.2, -0.15) is 0 Å². The number of aliphatic hydroxyl groups is 1. The molecule has 1 aromatic heterocycles. The number of carbonyl (C=O) groups excluding carboxylic acids is 2. The minimum Gasteiger partial charge on any atom is -0.503 e. The molecule has 2 heterocycles. The Balaban J connectivity index is 2.18. The Bertz CT molecular complexity index is 872. The zero-order chi connectivity index (χ0) is 18.1. The van der Waals surface area contributed by atoms with E-state index in [0.29, 0.717) is 5.69 Å². The maximum absolute atomic E-state index is 12.8. The summed E-state index contributed by atoms with van der Waals surface area (Å²) in [6.07, 6.45) is 3.44. The molecule has 5 nitrogen and oxygen atoms in total. The summed E-state index contributed by atoms with van der Waals surface area (Å²) in [4.78, 5) is 30.7. The summed E-state index contributed by atoms with van der Waals surface area (Å²) in [5.41, 5.74) is 3.69. The topological polar surface area (TPSA) is 70.5 Å². The van der Waals surface area contributed by atoms with Crippen LogP contribution in [0.15, 0.2) is 54.1 Å². The lowest BCUT2D eigenvalue weighted by atomic mass is 9.95. The molecule has 0 aliphatic carbocycles.